The first-order valence-electron chi connectivity index (χ1n) is 10.5. The lowest BCUT2D eigenvalue weighted by Crippen LogP contribution is -2.42. The summed E-state index contributed by atoms with van der Waals surface area (Å²) < 4.78 is 5.93. The number of carbonyl (C=O) groups excluding carboxylic acids is 2. The van der Waals surface area contributed by atoms with E-state index in [0.29, 0.717) is 43.1 Å². The molecule has 1 fully saturated rings. The minimum atomic E-state index is -0.481. The number of morpholine rings is 1. The monoisotopic (exact) mass is 449 g/mol. The van der Waals surface area contributed by atoms with E-state index in [2.05, 4.69) is 0 Å². The molecule has 0 radical (unpaired) electrons. The molecule has 3 aromatic rings. The lowest BCUT2D eigenvalue weighted by molar-refractivity contribution is -0.139. The summed E-state index contributed by atoms with van der Waals surface area (Å²) in [6, 6.07) is 20.3. The van der Waals surface area contributed by atoms with Gasteiger partial charge in [-0.2, -0.15) is 0 Å². The molecular weight excluding hydrogens is 426 g/mol. The number of halogens is 1. The highest BCUT2D eigenvalue weighted by atomic mass is 35.5. The Morgan fingerprint density at radius 3 is 2.72 bits per heavy atom. The number of nitrogens with zero attached hydrogens (tertiary/aromatic N) is 2. The largest absolute Gasteiger partial charge is 0.368 e. The minimum Gasteiger partial charge on any atom is -0.368 e. The molecule has 0 unspecified atom stereocenters. The van der Waals surface area contributed by atoms with Gasteiger partial charge in [-0.25, -0.2) is 4.98 Å². The van der Waals surface area contributed by atoms with Crippen molar-refractivity contribution in [3.63, 3.8) is 0 Å². The highest BCUT2D eigenvalue weighted by Crippen LogP contribution is 2.25. The maximum atomic E-state index is 12.8. The molecule has 1 aliphatic heterocycles. The number of rotatable bonds is 6. The van der Waals surface area contributed by atoms with Gasteiger partial charge in [0.25, 0.3) is 0 Å². The van der Waals surface area contributed by atoms with Gasteiger partial charge in [-0.3, -0.25) is 9.59 Å². The second kappa shape index (κ2) is 9.94. The molecule has 1 atom stereocenters. The van der Waals surface area contributed by atoms with Gasteiger partial charge in [0.2, 0.25) is 11.8 Å². The summed E-state index contributed by atoms with van der Waals surface area (Å²) in [5.74, 6) is -0.394. The molecular formula is C25H24ClN3O3. The van der Waals surface area contributed by atoms with E-state index >= 15 is 0 Å². The molecule has 164 valence electrons. The van der Waals surface area contributed by atoms with Crippen LogP contribution in [0.2, 0.25) is 5.02 Å². The number of aromatic nitrogens is 1. The van der Waals surface area contributed by atoms with E-state index in [4.69, 9.17) is 27.1 Å². The highest BCUT2D eigenvalue weighted by Gasteiger charge is 2.26. The fourth-order valence-electron chi connectivity index (χ4n) is 3.78. The van der Waals surface area contributed by atoms with Crippen LogP contribution in [0.25, 0.3) is 11.3 Å². The van der Waals surface area contributed by atoms with E-state index < -0.39 is 5.91 Å². The van der Waals surface area contributed by atoms with Crippen LogP contribution in [0.3, 0.4) is 0 Å². The zero-order chi connectivity index (χ0) is 22.5. The maximum absolute atomic E-state index is 12.8. The first kappa shape index (κ1) is 22.0. The Balaban J connectivity index is 1.44. The summed E-state index contributed by atoms with van der Waals surface area (Å²) >= 11 is 6.04. The third kappa shape index (κ3) is 5.33. The molecule has 2 N–H and O–H groups in total. The Kier molecular flexibility index (Phi) is 6.83. The number of primary amides is 1. The zero-order valence-electron chi connectivity index (χ0n) is 17.5. The molecule has 2 aromatic carbocycles. The van der Waals surface area contributed by atoms with Crippen LogP contribution in [0.1, 0.15) is 34.1 Å². The van der Waals surface area contributed by atoms with Gasteiger partial charge in [0.15, 0.2) is 0 Å². The molecule has 1 aromatic heterocycles. The Bertz CT molecular complexity index is 1130. The number of ether oxygens (including phenoxy) is 1. The lowest BCUT2D eigenvalue weighted by Gasteiger charge is -2.33. The van der Waals surface area contributed by atoms with Crippen molar-refractivity contribution in [3.05, 3.63) is 88.6 Å². The van der Waals surface area contributed by atoms with Crippen LogP contribution in [0.15, 0.2) is 66.7 Å². The van der Waals surface area contributed by atoms with Gasteiger partial charge < -0.3 is 15.4 Å². The van der Waals surface area contributed by atoms with E-state index in [1.807, 2.05) is 53.4 Å². The third-order valence-corrected chi connectivity index (χ3v) is 5.71. The Morgan fingerprint density at radius 1 is 1.09 bits per heavy atom. The van der Waals surface area contributed by atoms with Crippen LogP contribution in [0.5, 0.6) is 0 Å². The second-order valence-electron chi connectivity index (χ2n) is 7.72. The standard InChI is InChI=1S/C25H24ClN3O3/c26-20-7-1-4-17(14-20)10-11-24(30)29-12-13-32-23(16-29)22-9-3-8-21(28-22)18-5-2-6-19(15-18)25(27)31/h1-9,14-15,23H,10-13,16H2,(H2,27,31)/t23-/m1/s1. The zero-order valence-corrected chi connectivity index (χ0v) is 18.3. The van der Waals surface area contributed by atoms with Crippen molar-refractivity contribution >= 4 is 23.4 Å². The number of amides is 2. The SMILES string of the molecule is NC(=O)c1cccc(-c2cccc([C@H]3CN(C(=O)CCc4cccc(Cl)c4)CCO3)n2)c1. The molecule has 0 spiro atoms. The van der Waals surface area contributed by atoms with E-state index in [1.165, 1.54) is 0 Å². The van der Waals surface area contributed by atoms with Crippen molar-refractivity contribution in [2.24, 2.45) is 5.73 Å². The first-order valence-corrected chi connectivity index (χ1v) is 10.9. The maximum Gasteiger partial charge on any atom is 0.248 e. The predicted octanol–water partition coefficient (Wildman–Crippen LogP) is 4.03. The Hall–Kier alpha value is -3.22. The summed E-state index contributed by atoms with van der Waals surface area (Å²) in [6.07, 6.45) is 0.754. The fourth-order valence-corrected chi connectivity index (χ4v) is 3.99. The predicted molar refractivity (Wildman–Crippen MR) is 123 cm³/mol. The quantitative estimate of drug-likeness (QED) is 0.615. The van der Waals surface area contributed by atoms with Crippen molar-refractivity contribution in [2.45, 2.75) is 18.9 Å². The molecule has 1 aliphatic rings. The number of benzene rings is 2. The topological polar surface area (TPSA) is 85.5 Å². The van der Waals surface area contributed by atoms with Gasteiger partial charge in [-0.05, 0) is 48.4 Å². The molecule has 1 saturated heterocycles. The Labute approximate surface area is 192 Å². The van der Waals surface area contributed by atoms with Crippen LogP contribution in [-0.4, -0.2) is 41.4 Å². The van der Waals surface area contributed by atoms with Crippen molar-refractivity contribution < 1.29 is 14.3 Å². The van der Waals surface area contributed by atoms with Gasteiger partial charge in [-0.1, -0.05) is 41.9 Å². The first-order chi connectivity index (χ1) is 15.5. The van der Waals surface area contributed by atoms with Crippen LogP contribution in [-0.2, 0) is 16.0 Å². The molecule has 7 heteroatoms. The lowest BCUT2D eigenvalue weighted by atomic mass is 10.1. The summed E-state index contributed by atoms with van der Waals surface area (Å²) in [5, 5.41) is 0.675. The van der Waals surface area contributed by atoms with E-state index in [0.717, 1.165) is 22.5 Å². The van der Waals surface area contributed by atoms with E-state index in [9.17, 15) is 9.59 Å². The molecule has 4 rings (SSSR count). The highest BCUT2D eigenvalue weighted by molar-refractivity contribution is 6.30. The van der Waals surface area contributed by atoms with Crippen molar-refractivity contribution in [3.8, 4) is 11.3 Å². The van der Waals surface area contributed by atoms with Crippen LogP contribution in [0, 0.1) is 0 Å². The number of nitrogens with two attached hydrogens (primary N) is 1. The third-order valence-electron chi connectivity index (χ3n) is 5.48. The smallest absolute Gasteiger partial charge is 0.248 e. The van der Waals surface area contributed by atoms with Crippen molar-refractivity contribution in [1.82, 2.24) is 9.88 Å². The number of carbonyl (C=O) groups is 2. The van der Waals surface area contributed by atoms with Gasteiger partial charge >= 0.3 is 0 Å². The molecule has 2 amide bonds. The van der Waals surface area contributed by atoms with Crippen LogP contribution < -0.4 is 5.73 Å². The average Bonchev–Trinajstić information content (AvgIpc) is 2.83. The fraction of sp³-hybridized carbons (Fsp3) is 0.240. The van der Waals surface area contributed by atoms with Crippen molar-refractivity contribution in [1.29, 1.82) is 0 Å². The number of aryl methyl sites for hydroxylation is 1. The number of pyridine rings is 1. The van der Waals surface area contributed by atoms with E-state index in [-0.39, 0.29) is 12.0 Å². The summed E-state index contributed by atoms with van der Waals surface area (Å²) in [6.45, 7) is 1.47. The van der Waals surface area contributed by atoms with Crippen LogP contribution >= 0.6 is 11.6 Å². The molecule has 6 nitrogen and oxygen atoms in total. The van der Waals surface area contributed by atoms with Gasteiger partial charge in [0.05, 0.1) is 24.5 Å². The van der Waals surface area contributed by atoms with Gasteiger partial charge in [0, 0.05) is 29.1 Å². The summed E-state index contributed by atoms with van der Waals surface area (Å²) in [5.41, 5.74) is 9.14. The van der Waals surface area contributed by atoms with Gasteiger partial charge in [-0.15, -0.1) is 0 Å². The Morgan fingerprint density at radius 2 is 1.91 bits per heavy atom. The molecule has 2 heterocycles. The average molecular weight is 450 g/mol. The molecule has 0 bridgehead atoms. The van der Waals surface area contributed by atoms with Gasteiger partial charge in [0.1, 0.15) is 6.10 Å². The van der Waals surface area contributed by atoms with E-state index in [1.54, 1.807) is 18.2 Å². The summed E-state index contributed by atoms with van der Waals surface area (Å²) in [7, 11) is 0. The van der Waals surface area contributed by atoms with Crippen molar-refractivity contribution in [2.75, 3.05) is 19.7 Å². The minimum absolute atomic E-state index is 0.0867. The molecule has 0 aliphatic carbocycles. The second-order valence-corrected chi connectivity index (χ2v) is 8.16. The number of hydrogen-bond acceptors (Lipinski definition) is 4. The number of hydrogen-bond donors (Lipinski definition) is 1. The molecule has 0 saturated carbocycles. The molecule has 32 heavy (non-hydrogen) atoms. The van der Waals surface area contributed by atoms with Crippen LogP contribution in [0.4, 0.5) is 0 Å². The normalized spacial score (nSPS) is 16.0. The summed E-state index contributed by atoms with van der Waals surface area (Å²) in [4.78, 5) is 30.9.